The van der Waals surface area contributed by atoms with E-state index >= 15 is 0 Å². The van der Waals surface area contributed by atoms with Gasteiger partial charge in [0, 0.05) is 29.2 Å². The minimum Gasteiger partial charge on any atom is -0.406 e. The molecule has 4 aromatic rings. The molecule has 0 aliphatic carbocycles. The lowest BCUT2D eigenvalue weighted by Crippen LogP contribution is -2.18. The van der Waals surface area contributed by atoms with Gasteiger partial charge in [0.15, 0.2) is 0 Å². The quantitative estimate of drug-likeness (QED) is 0.321. The highest BCUT2D eigenvalue weighted by atomic mass is 35.5. The summed E-state index contributed by atoms with van der Waals surface area (Å²) in [6, 6.07) is 15.6. The first-order valence-corrected chi connectivity index (χ1v) is 12.4. The summed E-state index contributed by atoms with van der Waals surface area (Å²) in [7, 11) is -2.49. The summed E-state index contributed by atoms with van der Waals surface area (Å²) in [6.45, 7) is 2.34. The fourth-order valence-electron chi connectivity index (χ4n) is 3.91. The van der Waals surface area contributed by atoms with Crippen molar-refractivity contribution in [2.24, 2.45) is 0 Å². The third kappa shape index (κ3) is 5.47. The van der Waals surface area contributed by atoms with Gasteiger partial charge in [0.25, 0.3) is 10.0 Å². The summed E-state index contributed by atoms with van der Waals surface area (Å²) in [6.07, 6.45) is -2.97. The maximum Gasteiger partial charge on any atom is 0.573 e. The van der Waals surface area contributed by atoms with Gasteiger partial charge in [0.1, 0.15) is 5.75 Å². The normalized spacial score (nSPS) is 12.3. The molecule has 0 unspecified atom stereocenters. The van der Waals surface area contributed by atoms with E-state index in [1.807, 2.05) is 37.3 Å². The summed E-state index contributed by atoms with van der Waals surface area (Å²) in [5, 5.41) is 4.34. The summed E-state index contributed by atoms with van der Waals surface area (Å²) in [4.78, 5) is -0.320. The van der Waals surface area contributed by atoms with Crippen LogP contribution in [0.25, 0.3) is 10.9 Å². The van der Waals surface area contributed by atoms with Crippen molar-refractivity contribution in [3.63, 3.8) is 0 Å². The highest BCUT2D eigenvalue weighted by molar-refractivity contribution is 7.90. The number of aromatic nitrogens is 1. The number of halogens is 4. The summed E-state index contributed by atoms with van der Waals surface area (Å²) in [5.74, 6) is -0.611. The number of hydrogen-bond donors (Lipinski definition) is 1. The van der Waals surface area contributed by atoms with E-state index in [1.54, 1.807) is 13.1 Å². The molecule has 0 aliphatic rings. The fourth-order valence-corrected chi connectivity index (χ4v) is 5.63. The Morgan fingerprint density at radius 2 is 1.80 bits per heavy atom. The Morgan fingerprint density at radius 1 is 1.03 bits per heavy atom. The van der Waals surface area contributed by atoms with E-state index in [0.29, 0.717) is 28.9 Å². The zero-order valence-electron chi connectivity index (χ0n) is 18.9. The molecule has 184 valence electrons. The number of hydrogen-bond acceptors (Lipinski definition) is 4. The molecule has 1 N–H and O–H groups in total. The molecule has 1 aromatic heterocycles. The molecular formula is C25H22ClF3N2O3S. The van der Waals surface area contributed by atoms with Crippen LogP contribution in [0.1, 0.15) is 22.3 Å². The van der Waals surface area contributed by atoms with Crippen molar-refractivity contribution in [2.75, 3.05) is 7.05 Å². The number of benzene rings is 3. The van der Waals surface area contributed by atoms with Crippen molar-refractivity contribution in [1.29, 1.82) is 0 Å². The van der Waals surface area contributed by atoms with Crippen LogP contribution < -0.4 is 10.1 Å². The minimum absolute atomic E-state index is 0.320. The molecule has 3 aromatic carbocycles. The highest BCUT2D eigenvalue weighted by Crippen LogP contribution is 2.31. The van der Waals surface area contributed by atoms with E-state index in [-0.39, 0.29) is 4.90 Å². The molecule has 0 radical (unpaired) electrons. The second-order valence-corrected chi connectivity index (χ2v) is 10.4. The molecule has 1 heterocycles. The van der Waals surface area contributed by atoms with Gasteiger partial charge in [-0.1, -0.05) is 41.9 Å². The van der Waals surface area contributed by atoms with E-state index in [9.17, 15) is 21.6 Å². The first-order valence-electron chi connectivity index (χ1n) is 10.6. The van der Waals surface area contributed by atoms with E-state index < -0.39 is 22.1 Å². The van der Waals surface area contributed by atoms with Crippen LogP contribution in [0.5, 0.6) is 5.75 Å². The summed E-state index contributed by atoms with van der Waals surface area (Å²) in [5.41, 5.74) is 3.91. The lowest BCUT2D eigenvalue weighted by Gasteiger charge is -2.12. The monoisotopic (exact) mass is 522 g/mol. The summed E-state index contributed by atoms with van der Waals surface area (Å²) >= 11 is 6.39. The molecule has 35 heavy (non-hydrogen) atoms. The van der Waals surface area contributed by atoms with Gasteiger partial charge in [-0.25, -0.2) is 12.4 Å². The molecule has 5 nitrogen and oxygen atoms in total. The fraction of sp³-hybridized carbons (Fsp3) is 0.200. The molecule has 0 fully saturated rings. The smallest absolute Gasteiger partial charge is 0.406 e. The Bertz CT molecular complexity index is 1500. The molecule has 0 aliphatic heterocycles. The highest BCUT2D eigenvalue weighted by Gasteiger charge is 2.32. The van der Waals surface area contributed by atoms with Crippen LogP contribution in [-0.2, 0) is 23.0 Å². The van der Waals surface area contributed by atoms with Gasteiger partial charge >= 0.3 is 6.36 Å². The molecule has 0 spiro atoms. The van der Waals surface area contributed by atoms with Gasteiger partial charge in [-0.15, -0.1) is 13.2 Å². The summed E-state index contributed by atoms with van der Waals surface area (Å²) < 4.78 is 70.1. The van der Waals surface area contributed by atoms with E-state index in [0.717, 1.165) is 38.4 Å². The van der Waals surface area contributed by atoms with Crippen molar-refractivity contribution >= 4 is 32.5 Å². The molecular weight excluding hydrogens is 501 g/mol. The van der Waals surface area contributed by atoms with Gasteiger partial charge in [0.2, 0.25) is 0 Å². The van der Waals surface area contributed by atoms with Crippen LogP contribution in [-0.4, -0.2) is 25.8 Å². The van der Waals surface area contributed by atoms with Gasteiger partial charge in [-0.3, -0.25) is 0 Å². The Kier molecular flexibility index (Phi) is 6.86. The number of nitrogens with zero attached hydrogens (tertiary/aromatic N) is 1. The largest absolute Gasteiger partial charge is 0.573 e. The molecule has 4 rings (SSSR count). The Balaban J connectivity index is 1.81. The third-order valence-electron chi connectivity index (χ3n) is 5.48. The number of fused-ring (bicyclic) bond motifs is 1. The lowest BCUT2D eigenvalue weighted by atomic mass is 10.0. The van der Waals surface area contributed by atoms with Crippen molar-refractivity contribution in [2.45, 2.75) is 31.1 Å². The Labute approximate surface area is 206 Å². The van der Waals surface area contributed by atoms with Crippen LogP contribution in [0, 0.1) is 6.92 Å². The van der Waals surface area contributed by atoms with Crippen molar-refractivity contribution in [1.82, 2.24) is 9.29 Å². The second-order valence-electron chi connectivity index (χ2n) is 8.13. The molecule has 0 saturated carbocycles. The molecule has 0 atom stereocenters. The molecule has 0 amide bonds. The number of rotatable bonds is 7. The maximum absolute atomic E-state index is 13.5. The molecule has 0 bridgehead atoms. The minimum atomic E-state index is -4.94. The first kappa shape index (κ1) is 25.1. The van der Waals surface area contributed by atoms with E-state index in [1.165, 1.54) is 18.3 Å². The van der Waals surface area contributed by atoms with Gasteiger partial charge < -0.3 is 10.1 Å². The standard InChI is InChI=1S/C25H22ClF3N2O3S/c1-16-6-8-18(23(26)10-16)11-17-7-9-22-19(14-30-2)15-31(24(22)12-17)35(32,33)21-5-3-4-20(13-21)34-25(27,28)29/h3-10,12-13,15,30H,11,14H2,1-2H3. The molecule has 0 saturated heterocycles. The van der Waals surface area contributed by atoms with E-state index in [4.69, 9.17) is 11.6 Å². The van der Waals surface area contributed by atoms with E-state index in [2.05, 4.69) is 10.1 Å². The van der Waals surface area contributed by atoms with Crippen molar-refractivity contribution in [3.05, 3.63) is 94.1 Å². The van der Waals surface area contributed by atoms with Gasteiger partial charge in [0.05, 0.1) is 10.4 Å². The zero-order valence-corrected chi connectivity index (χ0v) is 20.4. The van der Waals surface area contributed by atoms with Crippen LogP contribution in [0.15, 0.2) is 71.8 Å². The van der Waals surface area contributed by atoms with Crippen LogP contribution in [0.4, 0.5) is 13.2 Å². The number of alkyl halides is 3. The number of ether oxygens (including phenoxy) is 1. The average Bonchev–Trinajstić information content (AvgIpc) is 3.13. The SMILES string of the molecule is CNCc1cn(S(=O)(=O)c2cccc(OC(F)(F)F)c2)c2cc(Cc3ccc(C)cc3Cl)ccc12. The average molecular weight is 523 g/mol. The third-order valence-corrected chi connectivity index (χ3v) is 7.51. The van der Waals surface area contributed by atoms with Crippen LogP contribution in [0.2, 0.25) is 5.02 Å². The molecule has 10 heteroatoms. The first-order chi connectivity index (χ1) is 16.5. The lowest BCUT2D eigenvalue weighted by molar-refractivity contribution is -0.274. The predicted molar refractivity (Wildman–Crippen MR) is 129 cm³/mol. The number of aryl methyl sites for hydroxylation is 1. The van der Waals surface area contributed by atoms with Crippen molar-refractivity contribution in [3.8, 4) is 5.75 Å². The van der Waals surface area contributed by atoms with Crippen LogP contribution in [0.3, 0.4) is 0 Å². The Hall–Kier alpha value is -3.01. The zero-order chi connectivity index (χ0) is 25.4. The van der Waals surface area contributed by atoms with Gasteiger partial charge in [-0.2, -0.15) is 0 Å². The second kappa shape index (κ2) is 9.56. The van der Waals surface area contributed by atoms with Crippen molar-refractivity contribution < 1.29 is 26.3 Å². The number of nitrogens with one attached hydrogen (secondary N) is 1. The maximum atomic E-state index is 13.5. The van der Waals surface area contributed by atoms with Gasteiger partial charge in [-0.05, 0) is 66.9 Å². The predicted octanol–water partition coefficient (Wildman–Crippen LogP) is 6.05. The van der Waals surface area contributed by atoms with Crippen LogP contribution >= 0.6 is 11.6 Å². The Morgan fingerprint density at radius 3 is 2.49 bits per heavy atom. The topological polar surface area (TPSA) is 60.3 Å².